The van der Waals surface area contributed by atoms with Gasteiger partial charge < -0.3 is 10.2 Å². The SMILES string of the molecule is O=C(NCC(=O)N1CCCCC1)c1ccc(Cl)nc1. The maximum Gasteiger partial charge on any atom is 0.253 e. The van der Waals surface area contributed by atoms with Gasteiger partial charge in [0.05, 0.1) is 12.1 Å². The van der Waals surface area contributed by atoms with E-state index in [1.807, 2.05) is 0 Å². The summed E-state index contributed by atoms with van der Waals surface area (Å²) in [6.07, 6.45) is 4.65. The average molecular weight is 282 g/mol. The molecule has 0 bridgehead atoms. The molecule has 102 valence electrons. The van der Waals surface area contributed by atoms with Gasteiger partial charge in [-0.3, -0.25) is 9.59 Å². The highest BCUT2D eigenvalue weighted by atomic mass is 35.5. The van der Waals surface area contributed by atoms with Gasteiger partial charge in [-0.05, 0) is 31.4 Å². The van der Waals surface area contributed by atoms with Crippen LogP contribution in [0.1, 0.15) is 29.6 Å². The number of carbonyl (C=O) groups is 2. The Hall–Kier alpha value is -1.62. The second-order valence-corrected chi connectivity index (χ2v) is 4.88. The van der Waals surface area contributed by atoms with Crippen molar-refractivity contribution in [3.63, 3.8) is 0 Å². The predicted molar refractivity (Wildman–Crippen MR) is 72.0 cm³/mol. The molecule has 0 saturated carbocycles. The summed E-state index contributed by atoms with van der Waals surface area (Å²) in [5.41, 5.74) is 0.399. The summed E-state index contributed by atoms with van der Waals surface area (Å²) in [7, 11) is 0. The number of nitrogens with one attached hydrogen (secondary N) is 1. The van der Waals surface area contributed by atoms with E-state index in [9.17, 15) is 9.59 Å². The van der Waals surface area contributed by atoms with Crippen molar-refractivity contribution in [2.24, 2.45) is 0 Å². The van der Waals surface area contributed by atoms with Gasteiger partial charge in [0.2, 0.25) is 5.91 Å². The van der Waals surface area contributed by atoms with Gasteiger partial charge in [0.15, 0.2) is 0 Å². The fourth-order valence-corrected chi connectivity index (χ4v) is 2.13. The van der Waals surface area contributed by atoms with E-state index < -0.39 is 0 Å². The van der Waals surface area contributed by atoms with Crippen LogP contribution in [0.15, 0.2) is 18.3 Å². The number of halogens is 1. The van der Waals surface area contributed by atoms with Crippen LogP contribution < -0.4 is 5.32 Å². The summed E-state index contributed by atoms with van der Waals surface area (Å²) < 4.78 is 0. The molecule has 6 heteroatoms. The molecule has 19 heavy (non-hydrogen) atoms. The molecule has 0 unspecified atom stereocenters. The maximum atomic E-state index is 11.9. The molecular weight excluding hydrogens is 266 g/mol. The number of likely N-dealkylation sites (tertiary alicyclic amines) is 1. The lowest BCUT2D eigenvalue weighted by Gasteiger charge is -2.26. The van der Waals surface area contributed by atoms with Crippen LogP contribution in [0.3, 0.4) is 0 Å². The van der Waals surface area contributed by atoms with Crippen LogP contribution >= 0.6 is 11.6 Å². The van der Waals surface area contributed by atoms with Crippen molar-refractivity contribution in [2.75, 3.05) is 19.6 Å². The largest absolute Gasteiger partial charge is 0.343 e. The lowest BCUT2D eigenvalue weighted by molar-refractivity contribution is -0.130. The molecule has 1 saturated heterocycles. The van der Waals surface area contributed by atoms with Crippen LogP contribution in [0.2, 0.25) is 5.15 Å². The zero-order valence-electron chi connectivity index (χ0n) is 10.6. The highest BCUT2D eigenvalue weighted by Gasteiger charge is 2.17. The molecule has 1 aromatic rings. The Morgan fingerprint density at radius 2 is 2.00 bits per heavy atom. The first-order valence-corrected chi connectivity index (χ1v) is 6.72. The highest BCUT2D eigenvalue weighted by Crippen LogP contribution is 2.08. The molecule has 1 fully saturated rings. The van der Waals surface area contributed by atoms with Crippen molar-refractivity contribution in [1.82, 2.24) is 15.2 Å². The molecule has 5 nitrogen and oxygen atoms in total. The van der Waals surface area contributed by atoms with Gasteiger partial charge in [-0.1, -0.05) is 11.6 Å². The minimum absolute atomic E-state index is 0.0292. The number of amides is 2. The van der Waals surface area contributed by atoms with Crippen LogP contribution in [0, 0.1) is 0 Å². The summed E-state index contributed by atoms with van der Waals surface area (Å²) >= 11 is 5.64. The third-order valence-corrected chi connectivity index (χ3v) is 3.32. The molecule has 0 aliphatic carbocycles. The van der Waals surface area contributed by atoms with Gasteiger partial charge >= 0.3 is 0 Å². The quantitative estimate of drug-likeness (QED) is 0.854. The summed E-state index contributed by atoms with van der Waals surface area (Å²) in [5.74, 6) is -0.343. The Morgan fingerprint density at radius 1 is 1.26 bits per heavy atom. The Morgan fingerprint density at radius 3 is 2.63 bits per heavy atom. The molecule has 1 aliphatic heterocycles. The molecular formula is C13H16ClN3O2. The molecule has 0 aromatic carbocycles. The van der Waals surface area contributed by atoms with E-state index in [-0.39, 0.29) is 18.4 Å². The van der Waals surface area contributed by atoms with E-state index in [0.29, 0.717) is 10.7 Å². The summed E-state index contributed by atoms with van der Waals surface area (Å²) in [6, 6.07) is 3.12. The van der Waals surface area contributed by atoms with E-state index in [2.05, 4.69) is 10.3 Å². The third kappa shape index (κ3) is 3.92. The molecule has 2 heterocycles. The van der Waals surface area contributed by atoms with Crippen LogP contribution in [0.4, 0.5) is 0 Å². The number of hydrogen-bond acceptors (Lipinski definition) is 3. The van der Waals surface area contributed by atoms with E-state index in [4.69, 9.17) is 11.6 Å². The predicted octanol–water partition coefficient (Wildman–Crippen LogP) is 1.48. The van der Waals surface area contributed by atoms with Gasteiger partial charge in [0.1, 0.15) is 5.15 Å². The fourth-order valence-electron chi connectivity index (χ4n) is 2.02. The van der Waals surface area contributed by atoms with E-state index in [0.717, 1.165) is 25.9 Å². The summed E-state index contributed by atoms with van der Waals surface area (Å²) in [5, 5.41) is 2.94. The maximum absolute atomic E-state index is 11.9. The minimum atomic E-state index is -0.311. The lowest BCUT2D eigenvalue weighted by atomic mass is 10.1. The van der Waals surface area contributed by atoms with Crippen molar-refractivity contribution < 1.29 is 9.59 Å². The summed E-state index contributed by atoms with van der Waals surface area (Å²) in [4.78, 5) is 29.3. The van der Waals surface area contributed by atoms with Crippen LogP contribution in [-0.4, -0.2) is 41.3 Å². The van der Waals surface area contributed by atoms with E-state index >= 15 is 0 Å². The van der Waals surface area contributed by atoms with Crippen LogP contribution in [-0.2, 0) is 4.79 Å². The number of carbonyl (C=O) groups excluding carboxylic acids is 2. The Kier molecular flexibility index (Phi) is 4.74. The van der Waals surface area contributed by atoms with Crippen molar-refractivity contribution in [3.8, 4) is 0 Å². The average Bonchev–Trinajstić information content (AvgIpc) is 2.46. The first-order valence-electron chi connectivity index (χ1n) is 6.34. The molecule has 1 aromatic heterocycles. The van der Waals surface area contributed by atoms with E-state index in [1.54, 1.807) is 17.0 Å². The van der Waals surface area contributed by atoms with Gasteiger partial charge in [-0.2, -0.15) is 0 Å². The number of piperidine rings is 1. The number of aromatic nitrogens is 1. The number of rotatable bonds is 3. The number of nitrogens with zero attached hydrogens (tertiary/aromatic N) is 2. The van der Waals surface area contributed by atoms with Crippen molar-refractivity contribution in [3.05, 3.63) is 29.0 Å². The van der Waals surface area contributed by atoms with Gasteiger partial charge in [-0.25, -0.2) is 4.98 Å². The Balaban J connectivity index is 1.82. The van der Waals surface area contributed by atoms with Crippen molar-refractivity contribution in [2.45, 2.75) is 19.3 Å². The first-order chi connectivity index (χ1) is 9.16. The van der Waals surface area contributed by atoms with Crippen molar-refractivity contribution in [1.29, 1.82) is 0 Å². The standard InChI is InChI=1S/C13H16ClN3O2/c14-11-5-4-10(8-15-11)13(19)16-9-12(18)17-6-2-1-3-7-17/h4-5,8H,1-3,6-7,9H2,(H,16,19). The van der Waals surface area contributed by atoms with E-state index in [1.165, 1.54) is 12.6 Å². The number of pyridine rings is 1. The second-order valence-electron chi connectivity index (χ2n) is 4.49. The zero-order valence-corrected chi connectivity index (χ0v) is 11.3. The van der Waals surface area contributed by atoms with Gasteiger partial charge in [0, 0.05) is 19.3 Å². The molecule has 2 rings (SSSR count). The lowest BCUT2D eigenvalue weighted by Crippen LogP contribution is -2.42. The molecule has 1 aliphatic rings. The molecule has 1 N–H and O–H groups in total. The topological polar surface area (TPSA) is 62.3 Å². The second kappa shape index (κ2) is 6.52. The minimum Gasteiger partial charge on any atom is -0.343 e. The normalized spacial score (nSPS) is 15.1. The Labute approximate surface area is 117 Å². The third-order valence-electron chi connectivity index (χ3n) is 3.10. The summed E-state index contributed by atoms with van der Waals surface area (Å²) in [6.45, 7) is 1.61. The molecule has 2 amide bonds. The number of hydrogen-bond donors (Lipinski definition) is 1. The molecule has 0 spiro atoms. The fraction of sp³-hybridized carbons (Fsp3) is 0.462. The Bertz CT molecular complexity index is 455. The highest BCUT2D eigenvalue weighted by molar-refractivity contribution is 6.29. The molecule has 0 radical (unpaired) electrons. The van der Waals surface area contributed by atoms with Crippen molar-refractivity contribution >= 4 is 23.4 Å². The monoisotopic (exact) mass is 281 g/mol. The smallest absolute Gasteiger partial charge is 0.253 e. The first kappa shape index (κ1) is 13.8. The van der Waals surface area contributed by atoms with Gasteiger partial charge in [-0.15, -0.1) is 0 Å². The zero-order chi connectivity index (χ0) is 13.7. The van der Waals surface area contributed by atoms with Crippen LogP contribution in [0.5, 0.6) is 0 Å². The van der Waals surface area contributed by atoms with Crippen LogP contribution in [0.25, 0.3) is 0 Å². The molecule has 0 atom stereocenters. The van der Waals surface area contributed by atoms with Gasteiger partial charge in [0.25, 0.3) is 5.91 Å².